The molecule has 0 bridgehead atoms. The van der Waals surface area contributed by atoms with Crippen LogP contribution >= 0.6 is 0 Å². The monoisotopic (exact) mass is 830 g/mol. The summed E-state index contributed by atoms with van der Waals surface area (Å²) in [7, 11) is 5.80. The number of carbonyl (C=O) groups is 3. The number of rotatable bonds is 24. The van der Waals surface area contributed by atoms with Crippen LogP contribution in [-0.4, -0.2) is 134 Å². The Morgan fingerprint density at radius 2 is 0.900 bits per heavy atom. The largest absolute Gasteiger partial charge is 0.491 e. The Morgan fingerprint density at radius 3 is 1.25 bits per heavy atom. The molecule has 5 rings (SSSR count). The molecular weight excluding hydrogens is 776 g/mol. The van der Waals surface area contributed by atoms with Gasteiger partial charge in [0.2, 0.25) is 0 Å². The predicted molar refractivity (Wildman–Crippen MR) is 219 cm³/mol. The SMILES string of the molecule is COCCOCO[C@@H]1[C@@H](OCOCCOC)[C@@H](COc2ccccc2)N(Cc2ccc(C(=O)OC)cc2)C(=O)N(Cc2ccc(C(=O)OC)cc2)[C@@H]1COc1ccccc1. The molecule has 4 atom stereocenters. The number of hydrogen-bond acceptors (Lipinski definition) is 13. The van der Waals surface area contributed by atoms with E-state index in [1.807, 2.05) is 60.7 Å². The predicted octanol–water partition coefficient (Wildman–Crippen LogP) is 5.60. The third kappa shape index (κ3) is 13.2. The van der Waals surface area contributed by atoms with E-state index in [-0.39, 0.29) is 59.1 Å². The summed E-state index contributed by atoms with van der Waals surface area (Å²) in [5, 5.41) is 0. The van der Waals surface area contributed by atoms with E-state index in [9.17, 15) is 9.59 Å². The second-order valence-electron chi connectivity index (χ2n) is 13.6. The first-order chi connectivity index (χ1) is 29.4. The van der Waals surface area contributed by atoms with E-state index in [1.165, 1.54) is 14.2 Å². The number of carbonyl (C=O) groups excluding carboxylic acids is 3. The minimum Gasteiger partial charge on any atom is -0.491 e. The maximum Gasteiger partial charge on any atom is 0.337 e. The molecule has 0 aromatic heterocycles. The third-order valence-electron chi connectivity index (χ3n) is 9.71. The first-order valence-electron chi connectivity index (χ1n) is 19.5. The van der Waals surface area contributed by atoms with Gasteiger partial charge in [0.05, 0.1) is 63.9 Å². The van der Waals surface area contributed by atoms with Crippen molar-refractivity contribution in [3.8, 4) is 11.5 Å². The first-order valence-corrected chi connectivity index (χ1v) is 19.5. The topological polar surface area (TPSA) is 150 Å². The van der Waals surface area contributed by atoms with Gasteiger partial charge in [0.1, 0.15) is 50.5 Å². The molecule has 4 aromatic carbocycles. The Bertz CT molecular complexity index is 1730. The van der Waals surface area contributed by atoms with E-state index in [4.69, 9.17) is 47.4 Å². The van der Waals surface area contributed by atoms with Crippen molar-refractivity contribution in [1.82, 2.24) is 9.80 Å². The molecule has 0 spiro atoms. The second kappa shape index (κ2) is 24.5. The van der Waals surface area contributed by atoms with Crippen molar-refractivity contribution in [2.24, 2.45) is 0 Å². The maximum absolute atomic E-state index is 15.5. The van der Waals surface area contributed by atoms with Gasteiger partial charge in [0.15, 0.2) is 0 Å². The minimum atomic E-state index is -0.906. The summed E-state index contributed by atoms with van der Waals surface area (Å²) in [6.07, 6.45) is -1.81. The summed E-state index contributed by atoms with van der Waals surface area (Å²) in [4.78, 5) is 43.6. The molecule has 1 heterocycles. The molecule has 1 aliphatic heterocycles. The summed E-state index contributed by atoms with van der Waals surface area (Å²) in [6, 6.07) is 30.2. The minimum absolute atomic E-state index is 0.0168. The van der Waals surface area contributed by atoms with Crippen LogP contribution in [0.1, 0.15) is 31.8 Å². The number of ether oxygens (including phenoxy) is 10. The molecule has 0 saturated carbocycles. The van der Waals surface area contributed by atoms with Crippen LogP contribution < -0.4 is 9.47 Å². The smallest absolute Gasteiger partial charge is 0.337 e. The molecule has 2 amide bonds. The van der Waals surface area contributed by atoms with E-state index in [2.05, 4.69) is 0 Å². The number of amides is 2. The molecule has 322 valence electrons. The Balaban J connectivity index is 1.65. The third-order valence-corrected chi connectivity index (χ3v) is 9.71. The van der Waals surface area contributed by atoms with Crippen LogP contribution in [0.4, 0.5) is 4.79 Å². The maximum atomic E-state index is 15.5. The molecule has 0 radical (unpaired) electrons. The van der Waals surface area contributed by atoms with Gasteiger partial charge in [-0.1, -0.05) is 60.7 Å². The average molecular weight is 831 g/mol. The van der Waals surface area contributed by atoms with Crippen LogP contribution in [0.3, 0.4) is 0 Å². The number of nitrogens with zero attached hydrogens (tertiary/aromatic N) is 2. The summed E-state index contributed by atoms with van der Waals surface area (Å²) in [5.74, 6) is 0.195. The molecule has 60 heavy (non-hydrogen) atoms. The van der Waals surface area contributed by atoms with Crippen molar-refractivity contribution in [1.29, 1.82) is 0 Å². The molecule has 15 nitrogen and oxygen atoms in total. The highest BCUT2D eigenvalue weighted by atomic mass is 16.7. The van der Waals surface area contributed by atoms with Crippen LogP contribution in [0, 0.1) is 0 Å². The zero-order chi connectivity index (χ0) is 42.5. The number of hydrogen-bond donors (Lipinski definition) is 0. The molecule has 1 fully saturated rings. The zero-order valence-electron chi connectivity index (χ0n) is 34.5. The van der Waals surface area contributed by atoms with Gasteiger partial charge in [-0.2, -0.15) is 0 Å². The number of methoxy groups -OCH3 is 4. The van der Waals surface area contributed by atoms with Crippen LogP contribution in [0.15, 0.2) is 109 Å². The fourth-order valence-corrected chi connectivity index (χ4v) is 6.57. The molecular formula is C45H54N2O13. The van der Waals surface area contributed by atoms with Gasteiger partial charge in [-0.3, -0.25) is 0 Å². The lowest BCUT2D eigenvalue weighted by Gasteiger charge is -2.37. The quantitative estimate of drug-likeness (QED) is 0.0490. The summed E-state index contributed by atoms with van der Waals surface area (Å²) in [6.45, 7) is 0.965. The Hall–Kier alpha value is -5.55. The zero-order valence-corrected chi connectivity index (χ0v) is 34.5. The molecule has 1 aliphatic rings. The lowest BCUT2D eigenvalue weighted by atomic mass is 9.98. The van der Waals surface area contributed by atoms with E-state index in [1.54, 1.807) is 72.6 Å². The highest BCUT2D eigenvalue weighted by Crippen LogP contribution is 2.31. The van der Waals surface area contributed by atoms with Crippen molar-refractivity contribution >= 4 is 18.0 Å². The highest BCUT2D eigenvalue weighted by molar-refractivity contribution is 5.89. The van der Waals surface area contributed by atoms with Crippen molar-refractivity contribution in [2.75, 3.05) is 81.7 Å². The lowest BCUT2D eigenvalue weighted by Crippen LogP contribution is -2.55. The van der Waals surface area contributed by atoms with Crippen LogP contribution in [0.2, 0.25) is 0 Å². The van der Waals surface area contributed by atoms with E-state index >= 15 is 4.79 Å². The second-order valence-corrected chi connectivity index (χ2v) is 13.6. The van der Waals surface area contributed by atoms with E-state index < -0.39 is 36.2 Å². The van der Waals surface area contributed by atoms with Crippen LogP contribution in [0.25, 0.3) is 0 Å². The summed E-state index contributed by atoms with van der Waals surface area (Å²) in [5.41, 5.74) is 2.16. The van der Waals surface area contributed by atoms with Gasteiger partial charge < -0.3 is 57.2 Å². The molecule has 15 heteroatoms. The fraction of sp³-hybridized carbons (Fsp3) is 0.400. The van der Waals surface area contributed by atoms with Gasteiger partial charge in [0.25, 0.3) is 0 Å². The number of benzene rings is 4. The Kier molecular flexibility index (Phi) is 18.6. The first kappa shape index (κ1) is 45.5. The van der Waals surface area contributed by atoms with Crippen LogP contribution in [0.5, 0.6) is 11.5 Å². The van der Waals surface area contributed by atoms with Crippen molar-refractivity contribution in [2.45, 2.75) is 37.4 Å². The van der Waals surface area contributed by atoms with Gasteiger partial charge >= 0.3 is 18.0 Å². The van der Waals surface area contributed by atoms with Crippen molar-refractivity contribution in [3.63, 3.8) is 0 Å². The van der Waals surface area contributed by atoms with Gasteiger partial charge in [0, 0.05) is 27.3 Å². The van der Waals surface area contributed by atoms with Gasteiger partial charge in [-0.25, -0.2) is 14.4 Å². The van der Waals surface area contributed by atoms with E-state index in [0.717, 1.165) is 11.1 Å². The molecule has 0 aliphatic carbocycles. The molecule has 1 saturated heterocycles. The standard InChI is InChI=1S/C45H54N2O13/c1-51-23-25-55-31-59-41-39(29-57-37-11-7-5-8-12-37)46(27-33-15-19-35(20-16-33)43(48)53-3)45(50)47(28-34-17-21-36(22-18-34)44(49)54-4)40(30-58-38-13-9-6-10-14-38)42(41)60-32-56-26-24-52-2/h5-22,39-42H,23-32H2,1-4H3/t39-,40-,41+,42+/m1/s1. The normalized spacial score (nSPS) is 17.8. The van der Waals surface area contributed by atoms with Gasteiger partial charge in [-0.05, 0) is 59.7 Å². The highest BCUT2D eigenvalue weighted by Gasteiger charge is 2.50. The number of urea groups is 1. The van der Waals surface area contributed by atoms with Gasteiger partial charge in [-0.15, -0.1) is 0 Å². The van der Waals surface area contributed by atoms with Crippen molar-refractivity contribution in [3.05, 3.63) is 131 Å². The number of para-hydroxylation sites is 2. The lowest BCUT2D eigenvalue weighted by molar-refractivity contribution is -0.196. The molecule has 4 aromatic rings. The average Bonchev–Trinajstić information content (AvgIpc) is 3.36. The fourth-order valence-electron chi connectivity index (χ4n) is 6.57. The molecule has 0 unspecified atom stereocenters. The Labute approximate surface area is 350 Å². The van der Waals surface area contributed by atoms with E-state index in [0.29, 0.717) is 35.8 Å². The number of esters is 2. The van der Waals surface area contributed by atoms with Crippen LogP contribution in [-0.2, 0) is 51.0 Å². The summed E-state index contributed by atoms with van der Waals surface area (Å²) >= 11 is 0. The summed E-state index contributed by atoms with van der Waals surface area (Å²) < 4.78 is 58.2. The molecule has 0 N–H and O–H groups in total. The Morgan fingerprint density at radius 1 is 0.517 bits per heavy atom. The van der Waals surface area contributed by atoms with Crippen molar-refractivity contribution < 1.29 is 61.8 Å².